The minimum Gasteiger partial charge on any atom is -0.0654 e. The van der Waals surface area contributed by atoms with Crippen LogP contribution < -0.4 is 0 Å². The summed E-state index contributed by atoms with van der Waals surface area (Å²) in [7, 11) is 6.43. The molecule has 0 saturated carbocycles. The maximum atomic E-state index is 6.43. The van der Waals surface area contributed by atoms with E-state index in [1.807, 2.05) is 0 Å². The standard InChI is InChI=1S/C20H25B/c1-6-10-18(21)20-15(4)13(2)19(14(3)16(20)5)17-11-8-7-9-12-17/h7-9,11-12,18H,6,10H2,1-5H3. The summed E-state index contributed by atoms with van der Waals surface area (Å²) in [6, 6.07) is 10.7. The minimum absolute atomic E-state index is 0.150. The molecule has 0 aromatic heterocycles. The Balaban J connectivity index is 2.67. The molecule has 0 amide bonds. The normalized spacial score (nSPS) is 12.4. The third-order valence-corrected chi connectivity index (χ3v) is 4.72. The van der Waals surface area contributed by atoms with Crippen molar-refractivity contribution in [2.24, 2.45) is 0 Å². The molecule has 1 heteroatoms. The molecule has 0 heterocycles. The molecule has 2 radical (unpaired) electrons. The van der Waals surface area contributed by atoms with Gasteiger partial charge >= 0.3 is 0 Å². The van der Waals surface area contributed by atoms with Gasteiger partial charge < -0.3 is 0 Å². The van der Waals surface area contributed by atoms with Gasteiger partial charge in [0, 0.05) is 0 Å². The van der Waals surface area contributed by atoms with Crippen LogP contribution in [0.3, 0.4) is 0 Å². The van der Waals surface area contributed by atoms with Gasteiger partial charge in [-0.15, -0.1) is 0 Å². The summed E-state index contributed by atoms with van der Waals surface area (Å²) in [6.45, 7) is 11.1. The summed E-state index contributed by atoms with van der Waals surface area (Å²) in [5.41, 5.74) is 9.48. The van der Waals surface area contributed by atoms with Crippen LogP contribution in [0.1, 0.15) is 53.4 Å². The third kappa shape index (κ3) is 2.93. The van der Waals surface area contributed by atoms with Crippen LogP contribution in [0.25, 0.3) is 11.1 Å². The summed E-state index contributed by atoms with van der Waals surface area (Å²) in [6.07, 6.45) is 2.17. The predicted molar refractivity (Wildman–Crippen MR) is 94.2 cm³/mol. The minimum atomic E-state index is 0.150. The van der Waals surface area contributed by atoms with E-state index in [2.05, 4.69) is 65.0 Å². The third-order valence-electron chi connectivity index (χ3n) is 4.72. The lowest BCUT2D eigenvalue weighted by Gasteiger charge is -2.25. The number of rotatable bonds is 4. The lowest BCUT2D eigenvalue weighted by atomic mass is 9.71. The largest absolute Gasteiger partial charge is 0.0763 e. The average molecular weight is 276 g/mol. The van der Waals surface area contributed by atoms with Crippen molar-refractivity contribution in [2.75, 3.05) is 0 Å². The summed E-state index contributed by atoms with van der Waals surface area (Å²) in [4.78, 5) is 0. The Morgan fingerprint density at radius 1 is 0.857 bits per heavy atom. The van der Waals surface area contributed by atoms with Gasteiger partial charge in [0.05, 0.1) is 7.85 Å². The van der Waals surface area contributed by atoms with Crippen LogP contribution in [0.15, 0.2) is 30.3 Å². The Bertz CT molecular complexity index is 597. The van der Waals surface area contributed by atoms with E-state index in [1.54, 1.807) is 0 Å². The van der Waals surface area contributed by atoms with Crippen molar-refractivity contribution in [3.05, 3.63) is 58.1 Å². The van der Waals surface area contributed by atoms with E-state index in [-0.39, 0.29) is 5.82 Å². The Morgan fingerprint density at radius 3 is 1.86 bits per heavy atom. The lowest BCUT2D eigenvalue weighted by molar-refractivity contribution is 0.759. The highest BCUT2D eigenvalue weighted by Crippen LogP contribution is 2.37. The zero-order chi connectivity index (χ0) is 15.6. The van der Waals surface area contributed by atoms with E-state index in [1.165, 1.54) is 38.9 Å². The Kier molecular flexibility index (Phi) is 4.93. The molecule has 0 bridgehead atoms. The molecule has 0 saturated heterocycles. The van der Waals surface area contributed by atoms with Crippen molar-refractivity contribution < 1.29 is 0 Å². The highest BCUT2D eigenvalue weighted by molar-refractivity contribution is 6.12. The maximum Gasteiger partial charge on any atom is 0.0763 e. The molecular weight excluding hydrogens is 251 g/mol. The summed E-state index contributed by atoms with van der Waals surface area (Å²) < 4.78 is 0. The first-order valence-electron chi connectivity index (χ1n) is 7.90. The number of hydrogen-bond donors (Lipinski definition) is 0. The monoisotopic (exact) mass is 276 g/mol. The molecule has 108 valence electrons. The first kappa shape index (κ1) is 15.9. The molecule has 2 aromatic carbocycles. The fourth-order valence-corrected chi connectivity index (χ4v) is 3.39. The van der Waals surface area contributed by atoms with E-state index >= 15 is 0 Å². The molecule has 0 aliphatic rings. The van der Waals surface area contributed by atoms with Crippen LogP contribution in [0, 0.1) is 27.7 Å². The van der Waals surface area contributed by atoms with Crippen molar-refractivity contribution in [1.29, 1.82) is 0 Å². The zero-order valence-electron chi connectivity index (χ0n) is 14.0. The molecule has 21 heavy (non-hydrogen) atoms. The predicted octanol–water partition coefficient (Wildman–Crippen LogP) is 5.60. The molecule has 0 fully saturated rings. The average Bonchev–Trinajstić information content (AvgIpc) is 2.47. The quantitative estimate of drug-likeness (QED) is 0.638. The Hall–Kier alpha value is -1.50. The summed E-state index contributed by atoms with van der Waals surface area (Å²) in [5.74, 6) is 0.150. The smallest absolute Gasteiger partial charge is 0.0654 e. The van der Waals surface area contributed by atoms with E-state index in [9.17, 15) is 0 Å². The first-order chi connectivity index (χ1) is 9.99. The van der Waals surface area contributed by atoms with Gasteiger partial charge in [-0.25, -0.2) is 0 Å². The van der Waals surface area contributed by atoms with Gasteiger partial charge in [-0.1, -0.05) is 55.9 Å². The molecule has 1 unspecified atom stereocenters. The molecule has 0 N–H and O–H groups in total. The second-order valence-electron chi connectivity index (χ2n) is 6.05. The van der Waals surface area contributed by atoms with Crippen molar-refractivity contribution in [2.45, 2.75) is 53.3 Å². The van der Waals surface area contributed by atoms with Crippen LogP contribution >= 0.6 is 0 Å². The molecule has 0 spiro atoms. The van der Waals surface area contributed by atoms with Gasteiger partial charge in [-0.3, -0.25) is 0 Å². The van der Waals surface area contributed by atoms with Crippen LogP contribution in [-0.2, 0) is 0 Å². The highest BCUT2D eigenvalue weighted by Gasteiger charge is 2.18. The SMILES string of the molecule is [B]C(CCC)c1c(C)c(C)c(-c2ccccc2)c(C)c1C. The van der Waals surface area contributed by atoms with Gasteiger partial charge in [0.1, 0.15) is 0 Å². The topological polar surface area (TPSA) is 0 Å². The fraction of sp³-hybridized carbons (Fsp3) is 0.400. The second kappa shape index (κ2) is 6.51. The highest BCUT2D eigenvalue weighted by atomic mass is 14.2. The van der Waals surface area contributed by atoms with E-state index in [0.29, 0.717) is 0 Å². The van der Waals surface area contributed by atoms with Crippen molar-refractivity contribution in [3.63, 3.8) is 0 Å². The Labute approximate surface area is 131 Å². The van der Waals surface area contributed by atoms with Crippen molar-refractivity contribution >= 4 is 7.85 Å². The number of hydrogen-bond acceptors (Lipinski definition) is 0. The molecular formula is C20H25B. The van der Waals surface area contributed by atoms with Crippen molar-refractivity contribution in [3.8, 4) is 11.1 Å². The molecule has 2 rings (SSSR count). The summed E-state index contributed by atoms with van der Waals surface area (Å²) in [5, 5.41) is 0. The Morgan fingerprint density at radius 2 is 1.38 bits per heavy atom. The fourth-order valence-electron chi connectivity index (χ4n) is 3.39. The molecule has 0 nitrogen and oxygen atoms in total. The maximum absolute atomic E-state index is 6.43. The van der Waals surface area contributed by atoms with Gasteiger partial charge in [0.15, 0.2) is 0 Å². The van der Waals surface area contributed by atoms with Gasteiger partial charge in [0.25, 0.3) is 0 Å². The second-order valence-corrected chi connectivity index (χ2v) is 6.05. The van der Waals surface area contributed by atoms with E-state index < -0.39 is 0 Å². The lowest BCUT2D eigenvalue weighted by Crippen LogP contribution is -2.08. The zero-order valence-corrected chi connectivity index (χ0v) is 14.0. The van der Waals surface area contributed by atoms with Crippen molar-refractivity contribution in [1.82, 2.24) is 0 Å². The van der Waals surface area contributed by atoms with Crippen LogP contribution in [0.2, 0.25) is 0 Å². The van der Waals surface area contributed by atoms with Gasteiger partial charge in [-0.2, -0.15) is 0 Å². The molecule has 1 atom stereocenters. The first-order valence-corrected chi connectivity index (χ1v) is 7.90. The number of benzene rings is 2. The summed E-state index contributed by atoms with van der Waals surface area (Å²) >= 11 is 0. The van der Waals surface area contributed by atoms with Crippen LogP contribution in [0.4, 0.5) is 0 Å². The molecule has 2 aromatic rings. The molecule has 0 aliphatic heterocycles. The van der Waals surface area contributed by atoms with Crippen LogP contribution in [0.5, 0.6) is 0 Å². The van der Waals surface area contributed by atoms with Gasteiger partial charge in [-0.05, 0) is 66.6 Å². The van der Waals surface area contributed by atoms with E-state index in [0.717, 1.165) is 12.8 Å². The van der Waals surface area contributed by atoms with Crippen LogP contribution in [-0.4, -0.2) is 7.85 Å². The van der Waals surface area contributed by atoms with Gasteiger partial charge in [0.2, 0.25) is 0 Å². The van der Waals surface area contributed by atoms with E-state index in [4.69, 9.17) is 7.85 Å². The molecule has 0 aliphatic carbocycles.